The van der Waals surface area contributed by atoms with E-state index in [2.05, 4.69) is 10.1 Å². The second kappa shape index (κ2) is 8.66. The van der Waals surface area contributed by atoms with Crippen LogP contribution in [-0.4, -0.2) is 36.3 Å². The van der Waals surface area contributed by atoms with Crippen LogP contribution in [0.15, 0.2) is 41.3 Å². The van der Waals surface area contributed by atoms with E-state index >= 15 is 0 Å². The van der Waals surface area contributed by atoms with Crippen LogP contribution in [0.3, 0.4) is 0 Å². The average molecular weight is 430 g/mol. The van der Waals surface area contributed by atoms with E-state index in [9.17, 15) is 24.5 Å². The minimum Gasteiger partial charge on any atom is -0.493 e. The van der Waals surface area contributed by atoms with Gasteiger partial charge in [-0.25, -0.2) is 4.79 Å². The topological polar surface area (TPSA) is 134 Å². The standard InChI is InChI=1S/C19H14N2O8S/c1-27-15-7-10(8-16-17(22)20-19(24)30-16)3-5-14(15)29-13-6-4-11(18(23)28-2)9-12(13)21(25)26/h3-9H,1-2H3,(H,20,22,24)/b16-8-. The first kappa shape index (κ1) is 20.9. The van der Waals surface area contributed by atoms with Crippen molar-refractivity contribution >= 4 is 40.6 Å². The number of hydrogen-bond donors (Lipinski definition) is 1. The molecule has 30 heavy (non-hydrogen) atoms. The van der Waals surface area contributed by atoms with Gasteiger partial charge in [-0.3, -0.25) is 25.0 Å². The monoisotopic (exact) mass is 430 g/mol. The number of nitrogens with zero attached hydrogens (tertiary/aromatic N) is 1. The van der Waals surface area contributed by atoms with Crippen molar-refractivity contribution in [3.05, 3.63) is 62.5 Å². The number of benzene rings is 2. The summed E-state index contributed by atoms with van der Waals surface area (Å²) in [5.74, 6) is -0.899. The number of ether oxygens (including phenoxy) is 3. The summed E-state index contributed by atoms with van der Waals surface area (Å²) in [5, 5.41) is 13.1. The molecule has 2 aromatic carbocycles. The molecule has 3 rings (SSSR count). The molecule has 0 radical (unpaired) electrons. The Balaban J connectivity index is 1.93. The molecule has 0 bridgehead atoms. The predicted molar refractivity (Wildman–Crippen MR) is 107 cm³/mol. The van der Waals surface area contributed by atoms with E-state index in [0.717, 1.165) is 17.8 Å². The van der Waals surface area contributed by atoms with Crippen LogP contribution in [0.1, 0.15) is 15.9 Å². The summed E-state index contributed by atoms with van der Waals surface area (Å²) >= 11 is 0.776. The van der Waals surface area contributed by atoms with Crippen molar-refractivity contribution in [3.8, 4) is 17.2 Å². The molecule has 10 nitrogen and oxygen atoms in total. The van der Waals surface area contributed by atoms with Crippen molar-refractivity contribution in [2.45, 2.75) is 0 Å². The van der Waals surface area contributed by atoms with Crippen LogP contribution in [0.4, 0.5) is 10.5 Å². The summed E-state index contributed by atoms with van der Waals surface area (Å²) < 4.78 is 15.5. The maximum Gasteiger partial charge on any atom is 0.338 e. The summed E-state index contributed by atoms with van der Waals surface area (Å²) in [7, 11) is 2.55. The number of amides is 2. The van der Waals surface area contributed by atoms with Gasteiger partial charge in [0.2, 0.25) is 5.75 Å². The SMILES string of the molecule is COC(=O)c1ccc(Oc2ccc(/C=C3\SC(=O)NC3=O)cc2OC)c([N+](=O)[O-])c1. The Kier molecular flexibility index (Phi) is 6.02. The molecular weight excluding hydrogens is 416 g/mol. The highest BCUT2D eigenvalue weighted by Gasteiger charge is 2.25. The molecule has 1 fully saturated rings. The van der Waals surface area contributed by atoms with Gasteiger partial charge < -0.3 is 14.2 Å². The van der Waals surface area contributed by atoms with Gasteiger partial charge in [-0.05, 0) is 47.7 Å². The first-order valence-electron chi connectivity index (χ1n) is 8.30. The summed E-state index contributed by atoms with van der Waals surface area (Å²) in [4.78, 5) is 45.5. The van der Waals surface area contributed by atoms with Crippen LogP contribution in [0, 0.1) is 10.1 Å². The van der Waals surface area contributed by atoms with E-state index in [1.165, 1.54) is 38.5 Å². The molecule has 1 aliphatic heterocycles. The van der Waals surface area contributed by atoms with Crippen molar-refractivity contribution < 1.29 is 33.5 Å². The molecule has 0 saturated carbocycles. The zero-order valence-electron chi connectivity index (χ0n) is 15.7. The minimum absolute atomic E-state index is 0.00683. The molecule has 2 aromatic rings. The van der Waals surface area contributed by atoms with Crippen LogP contribution in [0.5, 0.6) is 17.2 Å². The van der Waals surface area contributed by atoms with E-state index in [-0.39, 0.29) is 27.7 Å². The average Bonchev–Trinajstić information content (AvgIpc) is 3.05. The zero-order valence-corrected chi connectivity index (χ0v) is 16.5. The van der Waals surface area contributed by atoms with Crippen molar-refractivity contribution in [3.63, 3.8) is 0 Å². The molecule has 11 heteroatoms. The number of rotatable bonds is 6. The number of methoxy groups -OCH3 is 2. The largest absolute Gasteiger partial charge is 0.493 e. The second-order valence-electron chi connectivity index (χ2n) is 5.80. The molecule has 0 atom stereocenters. The Hall–Kier alpha value is -3.86. The molecule has 1 aliphatic rings. The summed E-state index contributed by atoms with van der Waals surface area (Å²) in [6.45, 7) is 0. The fraction of sp³-hybridized carbons (Fsp3) is 0.105. The van der Waals surface area contributed by atoms with Crippen molar-refractivity contribution in [1.29, 1.82) is 0 Å². The maximum absolute atomic E-state index is 11.7. The highest BCUT2D eigenvalue weighted by Crippen LogP contribution is 2.38. The molecule has 0 unspecified atom stereocenters. The Bertz CT molecular complexity index is 1100. The molecule has 1 N–H and O–H groups in total. The van der Waals surface area contributed by atoms with Gasteiger partial charge in [-0.15, -0.1) is 0 Å². The summed E-state index contributed by atoms with van der Waals surface area (Å²) in [5.41, 5.74) is 0.137. The lowest BCUT2D eigenvalue weighted by molar-refractivity contribution is -0.385. The number of thioether (sulfide) groups is 1. The Morgan fingerprint density at radius 1 is 1.10 bits per heavy atom. The van der Waals surface area contributed by atoms with Crippen LogP contribution >= 0.6 is 11.8 Å². The number of nitrogens with one attached hydrogen (secondary N) is 1. The van der Waals surface area contributed by atoms with E-state index in [1.54, 1.807) is 12.1 Å². The number of imide groups is 1. The lowest BCUT2D eigenvalue weighted by Crippen LogP contribution is -2.17. The van der Waals surface area contributed by atoms with Gasteiger partial charge in [0, 0.05) is 6.07 Å². The number of nitro groups is 1. The number of esters is 1. The molecule has 154 valence electrons. The molecule has 0 spiro atoms. The van der Waals surface area contributed by atoms with Gasteiger partial charge in [0.05, 0.1) is 29.6 Å². The third-order valence-corrected chi connectivity index (χ3v) is 4.73. The fourth-order valence-electron chi connectivity index (χ4n) is 2.54. The maximum atomic E-state index is 11.7. The highest BCUT2D eigenvalue weighted by atomic mass is 32.2. The van der Waals surface area contributed by atoms with Crippen molar-refractivity contribution in [1.82, 2.24) is 5.32 Å². The molecule has 2 amide bonds. The van der Waals surface area contributed by atoms with Gasteiger partial charge in [-0.1, -0.05) is 6.07 Å². The van der Waals surface area contributed by atoms with Crippen LogP contribution in [0.25, 0.3) is 6.08 Å². The highest BCUT2D eigenvalue weighted by molar-refractivity contribution is 8.18. The molecular formula is C19H14N2O8S. The predicted octanol–water partition coefficient (Wildman–Crippen LogP) is 3.51. The first-order valence-corrected chi connectivity index (χ1v) is 9.11. The van der Waals surface area contributed by atoms with Gasteiger partial charge in [0.15, 0.2) is 11.5 Å². The van der Waals surface area contributed by atoms with Gasteiger partial charge >= 0.3 is 11.7 Å². The van der Waals surface area contributed by atoms with E-state index in [4.69, 9.17) is 9.47 Å². The van der Waals surface area contributed by atoms with Crippen molar-refractivity contribution in [2.75, 3.05) is 14.2 Å². The normalized spacial score (nSPS) is 14.4. The van der Waals surface area contributed by atoms with E-state index in [0.29, 0.717) is 5.56 Å². The smallest absolute Gasteiger partial charge is 0.338 e. The number of hydrogen-bond acceptors (Lipinski definition) is 9. The molecule has 1 saturated heterocycles. The van der Waals surface area contributed by atoms with Crippen LogP contribution in [-0.2, 0) is 9.53 Å². The van der Waals surface area contributed by atoms with Crippen molar-refractivity contribution in [2.24, 2.45) is 0 Å². The molecule has 0 aromatic heterocycles. The summed E-state index contributed by atoms with van der Waals surface area (Å²) in [6, 6.07) is 8.32. The van der Waals surface area contributed by atoms with Crippen LogP contribution in [0.2, 0.25) is 0 Å². The fourth-order valence-corrected chi connectivity index (χ4v) is 3.22. The lowest BCUT2D eigenvalue weighted by atomic mass is 10.1. The quantitative estimate of drug-likeness (QED) is 0.316. The Labute approximate surface area is 173 Å². The third-order valence-electron chi connectivity index (χ3n) is 3.92. The minimum atomic E-state index is -0.716. The second-order valence-corrected chi connectivity index (χ2v) is 6.81. The van der Waals surface area contributed by atoms with E-state index < -0.39 is 27.7 Å². The number of carbonyl (C=O) groups excluding carboxylic acids is 3. The van der Waals surface area contributed by atoms with Crippen LogP contribution < -0.4 is 14.8 Å². The van der Waals surface area contributed by atoms with E-state index in [1.807, 2.05) is 0 Å². The van der Waals surface area contributed by atoms with Gasteiger partial charge in [-0.2, -0.15) is 0 Å². The molecule has 1 heterocycles. The third kappa shape index (κ3) is 4.41. The molecule has 0 aliphatic carbocycles. The Morgan fingerprint density at radius 2 is 1.83 bits per heavy atom. The number of nitro benzene ring substituents is 1. The zero-order chi connectivity index (χ0) is 21.8. The first-order chi connectivity index (χ1) is 14.3. The van der Waals surface area contributed by atoms with Gasteiger partial charge in [0.1, 0.15) is 0 Å². The van der Waals surface area contributed by atoms with Gasteiger partial charge in [0.25, 0.3) is 11.1 Å². The lowest BCUT2D eigenvalue weighted by Gasteiger charge is -2.12. The summed E-state index contributed by atoms with van der Waals surface area (Å²) in [6.07, 6.45) is 1.50. The number of carbonyl (C=O) groups is 3. The Morgan fingerprint density at radius 3 is 2.43 bits per heavy atom.